The van der Waals surface area contributed by atoms with E-state index in [4.69, 9.17) is 9.47 Å². The molecule has 0 unspecified atom stereocenters. The van der Waals surface area contributed by atoms with Crippen LogP contribution in [0.2, 0.25) is 0 Å². The van der Waals surface area contributed by atoms with E-state index in [2.05, 4.69) is 23.3 Å². The second kappa shape index (κ2) is 9.10. The number of nitrogens with one attached hydrogen (secondary N) is 1. The average molecular weight is 238 g/mol. The van der Waals surface area contributed by atoms with Gasteiger partial charge in [-0.25, -0.2) is 0 Å². The van der Waals surface area contributed by atoms with E-state index in [9.17, 15) is 0 Å². The van der Waals surface area contributed by atoms with Crippen molar-refractivity contribution in [3.63, 3.8) is 0 Å². The molecule has 1 N–H and O–H groups in total. The van der Waals surface area contributed by atoms with E-state index in [1.54, 1.807) is 13.3 Å². The molecular weight excluding hydrogens is 216 g/mol. The summed E-state index contributed by atoms with van der Waals surface area (Å²) in [5.41, 5.74) is 1.22. The lowest BCUT2D eigenvalue weighted by molar-refractivity contribution is 0.0693. The van der Waals surface area contributed by atoms with Gasteiger partial charge in [0.05, 0.1) is 13.2 Å². The summed E-state index contributed by atoms with van der Waals surface area (Å²) in [5.74, 6) is 0. The molecule has 96 valence electrons. The highest BCUT2D eigenvalue weighted by Crippen LogP contribution is 2.09. The molecule has 0 spiro atoms. The largest absolute Gasteiger partial charge is 0.382 e. The van der Waals surface area contributed by atoms with Gasteiger partial charge in [0.2, 0.25) is 0 Å². The Morgan fingerprint density at radius 2 is 2.24 bits per heavy atom. The van der Waals surface area contributed by atoms with Crippen LogP contribution in [-0.4, -0.2) is 38.5 Å². The minimum absolute atomic E-state index is 0.336. The summed E-state index contributed by atoms with van der Waals surface area (Å²) in [7, 11) is 1.68. The van der Waals surface area contributed by atoms with Gasteiger partial charge in [-0.1, -0.05) is 6.07 Å². The lowest BCUT2D eigenvalue weighted by atomic mass is 10.1. The van der Waals surface area contributed by atoms with Gasteiger partial charge in [0, 0.05) is 32.2 Å². The smallest absolute Gasteiger partial charge is 0.0700 e. The number of nitrogens with zero attached hydrogens (tertiary/aromatic N) is 1. The highest BCUT2D eigenvalue weighted by atomic mass is 16.5. The van der Waals surface area contributed by atoms with E-state index in [0.717, 1.165) is 19.6 Å². The molecule has 0 amide bonds. The van der Waals surface area contributed by atoms with Gasteiger partial charge in [0.1, 0.15) is 0 Å². The molecule has 0 saturated carbocycles. The first-order valence-corrected chi connectivity index (χ1v) is 6.04. The van der Waals surface area contributed by atoms with E-state index in [1.807, 2.05) is 12.3 Å². The summed E-state index contributed by atoms with van der Waals surface area (Å²) in [6.45, 7) is 5.20. The molecule has 1 rings (SSSR count). The molecule has 0 bridgehead atoms. The Balaban J connectivity index is 2.03. The molecule has 1 heterocycles. The molecule has 1 aromatic heterocycles. The van der Waals surface area contributed by atoms with Crippen molar-refractivity contribution in [2.45, 2.75) is 19.4 Å². The van der Waals surface area contributed by atoms with Crippen molar-refractivity contribution >= 4 is 0 Å². The zero-order valence-corrected chi connectivity index (χ0v) is 10.7. The molecular formula is C13H22N2O2. The van der Waals surface area contributed by atoms with Crippen LogP contribution < -0.4 is 5.32 Å². The van der Waals surface area contributed by atoms with Crippen LogP contribution in [-0.2, 0) is 9.47 Å². The summed E-state index contributed by atoms with van der Waals surface area (Å²) < 4.78 is 10.3. The van der Waals surface area contributed by atoms with E-state index in [1.165, 1.54) is 5.56 Å². The number of hydrogen-bond acceptors (Lipinski definition) is 4. The number of pyridine rings is 1. The van der Waals surface area contributed by atoms with Crippen LogP contribution in [0.15, 0.2) is 24.5 Å². The van der Waals surface area contributed by atoms with Crippen molar-refractivity contribution in [2.24, 2.45) is 0 Å². The van der Waals surface area contributed by atoms with Crippen LogP contribution in [0.1, 0.15) is 24.9 Å². The van der Waals surface area contributed by atoms with Gasteiger partial charge < -0.3 is 14.8 Å². The van der Waals surface area contributed by atoms with Gasteiger partial charge >= 0.3 is 0 Å². The van der Waals surface area contributed by atoms with E-state index in [0.29, 0.717) is 19.3 Å². The molecule has 4 nitrogen and oxygen atoms in total. The van der Waals surface area contributed by atoms with Gasteiger partial charge in [-0.3, -0.25) is 4.98 Å². The second-order valence-electron chi connectivity index (χ2n) is 3.92. The zero-order chi connectivity index (χ0) is 12.3. The van der Waals surface area contributed by atoms with Crippen molar-refractivity contribution in [3.05, 3.63) is 30.1 Å². The van der Waals surface area contributed by atoms with Crippen LogP contribution in [0.3, 0.4) is 0 Å². The van der Waals surface area contributed by atoms with Gasteiger partial charge in [-0.05, 0) is 31.5 Å². The molecule has 1 atom stereocenters. The monoisotopic (exact) mass is 238 g/mol. The van der Waals surface area contributed by atoms with Gasteiger partial charge in [0.25, 0.3) is 0 Å². The van der Waals surface area contributed by atoms with Crippen LogP contribution in [0, 0.1) is 0 Å². The summed E-state index contributed by atoms with van der Waals surface area (Å²) in [5, 5.41) is 3.44. The fourth-order valence-electron chi connectivity index (χ4n) is 1.49. The minimum atomic E-state index is 0.336. The maximum absolute atomic E-state index is 5.38. The fourth-order valence-corrected chi connectivity index (χ4v) is 1.49. The molecule has 0 saturated heterocycles. The molecule has 4 heteroatoms. The molecule has 0 fully saturated rings. The van der Waals surface area contributed by atoms with E-state index < -0.39 is 0 Å². The molecule has 0 aliphatic rings. The SMILES string of the molecule is COCCOCCCN[C@H](C)c1cccnc1. The summed E-state index contributed by atoms with van der Waals surface area (Å²) in [6.07, 6.45) is 4.70. The first kappa shape index (κ1) is 14.1. The normalized spacial score (nSPS) is 12.6. The first-order valence-electron chi connectivity index (χ1n) is 6.04. The second-order valence-corrected chi connectivity index (χ2v) is 3.92. The Bertz CT molecular complexity index is 280. The Hall–Kier alpha value is -0.970. The maximum Gasteiger partial charge on any atom is 0.0700 e. The number of methoxy groups -OCH3 is 1. The standard InChI is InChI=1S/C13H22N2O2/c1-12(13-5-3-6-14-11-13)15-7-4-8-17-10-9-16-2/h3,5-6,11-12,15H,4,7-10H2,1-2H3/t12-/m1/s1. The van der Waals surface area contributed by atoms with Crippen LogP contribution >= 0.6 is 0 Å². The topological polar surface area (TPSA) is 43.4 Å². The Kier molecular flexibility index (Phi) is 7.54. The van der Waals surface area contributed by atoms with Gasteiger partial charge in [0.15, 0.2) is 0 Å². The highest BCUT2D eigenvalue weighted by molar-refractivity contribution is 5.12. The number of rotatable bonds is 9. The van der Waals surface area contributed by atoms with Crippen molar-refractivity contribution < 1.29 is 9.47 Å². The third-order valence-corrected chi connectivity index (χ3v) is 2.53. The van der Waals surface area contributed by atoms with E-state index in [-0.39, 0.29) is 0 Å². The highest BCUT2D eigenvalue weighted by Gasteiger charge is 2.02. The summed E-state index contributed by atoms with van der Waals surface area (Å²) in [6, 6.07) is 4.38. The third-order valence-electron chi connectivity index (χ3n) is 2.53. The first-order chi connectivity index (χ1) is 8.34. The minimum Gasteiger partial charge on any atom is -0.382 e. The zero-order valence-electron chi connectivity index (χ0n) is 10.7. The predicted molar refractivity (Wildman–Crippen MR) is 68.0 cm³/mol. The summed E-state index contributed by atoms with van der Waals surface area (Å²) >= 11 is 0. The molecule has 0 aliphatic carbocycles. The Morgan fingerprint density at radius 3 is 2.94 bits per heavy atom. The molecule has 17 heavy (non-hydrogen) atoms. The Labute approximate surface area is 103 Å². The van der Waals surface area contributed by atoms with Crippen LogP contribution in [0.25, 0.3) is 0 Å². The van der Waals surface area contributed by atoms with Crippen molar-refractivity contribution in [2.75, 3.05) is 33.5 Å². The predicted octanol–water partition coefficient (Wildman–Crippen LogP) is 1.79. The molecule has 0 radical (unpaired) electrons. The van der Waals surface area contributed by atoms with Crippen molar-refractivity contribution in [3.8, 4) is 0 Å². The third kappa shape index (κ3) is 6.36. The quantitative estimate of drug-likeness (QED) is 0.666. The van der Waals surface area contributed by atoms with E-state index >= 15 is 0 Å². The average Bonchev–Trinajstić information content (AvgIpc) is 2.38. The van der Waals surface area contributed by atoms with Crippen molar-refractivity contribution in [1.82, 2.24) is 10.3 Å². The van der Waals surface area contributed by atoms with Gasteiger partial charge in [-0.15, -0.1) is 0 Å². The molecule has 0 aliphatic heterocycles. The lowest BCUT2D eigenvalue weighted by Crippen LogP contribution is -2.21. The van der Waals surface area contributed by atoms with Gasteiger partial charge in [-0.2, -0.15) is 0 Å². The van der Waals surface area contributed by atoms with Crippen LogP contribution in [0.5, 0.6) is 0 Å². The number of hydrogen-bond donors (Lipinski definition) is 1. The number of ether oxygens (including phenoxy) is 2. The van der Waals surface area contributed by atoms with Crippen molar-refractivity contribution in [1.29, 1.82) is 0 Å². The number of aromatic nitrogens is 1. The van der Waals surface area contributed by atoms with Crippen LogP contribution in [0.4, 0.5) is 0 Å². The molecule has 1 aromatic rings. The maximum atomic E-state index is 5.38. The lowest BCUT2D eigenvalue weighted by Gasteiger charge is -2.13. The summed E-state index contributed by atoms with van der Waals surface area (Å²) in [4.78, 5) is 4.11. The fraction of sp³-hybridized carbons (Fsp3) is 0.615. The molecule has 0 aromatic carbocycles. The Morgan fingerprint density at radius 1 is 1.35 bits per heavy atom.